The number of benzene rings is 2. The molecule has 3 rings (SSSR count). The number of aromatic carboxylic acids is 1. The van der Waals surface area contributed by atoms with E-state index in [9.17, 15) is 9.59 Å². The molecular weight excluding hydrogens is 270 g/mol. The highest BCUT2D eigenvalue weighted by Crippen LogP contribution is 2.13. The van der Waals surface area contributed by atoms with Crippen LogP contribution in [0.5, 0.6) is 0 Å². The monoisotopic (exact) mass is 281 g/mol. The molecule has 0 bridgehead atoms. The molecule has 0 saturated heterocycles. The summed E-state index contributed by atoms with van der Waals surface area (Å²) in [7, 11) is 0. The van der Waals surface area contributed by atoms with Crippen LogP contribution in [0.25, 0.3) is 16.6 Å². The molecule has 0 aliphatic carbocycles. The quantitative estimate of drug-likeness (QED) is 0.696. The summed E-state index contributed by atoms with van der Waals surface area (Å²) in [6.07, 6.45) is 1.41. The number of rotatable bonds is 2. The van der Waals surface area contributed by atoms with Gasteiger partial charge in [-0.2, -0.15) is 0 Å². The fourth-order valence-electron chi connectivity index (χ4n) is 2.09. The minimum atomic E-state index is -1.02. The summed E-state index contributed by atoms with van der Waals surface area (Å²) < 4.78 is 1.35. The van der Waals surface area contributed by atoms with Crippen molar-refractivity contribution in [2.24, 2.45) is 0 Å². The predicted molar refractivity (Wildman–Crippen MR) is 78.7 cm³/mol. The van der Waals surface area contributed by atoms with Crippen molar-refractivity contribution in [3.8, 4) is 5.69 Å². The maximum Gasteiger partial charge on any atom is 0.335 e. The first-order valence-electron chi connectivity index (χ1n) is 6.17. The molecule has 0 radical (unpaired) electrons. The summed E-state index contributed by atoms with van der Waals surface area (Å²) in [6, 6.07) is 10.9. The summed E-state index contributed by atoms with van der Waals surface area (Å²) in [4.78, 5) is 27.5. The van der Waals surface area contributed by atoms with Gasteiger partial charge >= 0.3 is 5.97 Å². The van der Waals surface area contributed by atoms with Crippen molar-refractivity contribution in [2.75, 3.05) is 5.73 Å². The van der Waals surface area contributed by atoms with Crippen LogP contribution in [0.4, 0.5) is 5.69 Å². The smallest absolute Gasteiger partial charge is 0.335 e. The van der Waals surface area contributed by atoms with Gasteiger partial charge in [0.05, 0.1) is 22.2 Å². The Bertz CT molecular complexity index is 898. The molecule has 6 nitrogen and oxygen atoms in total. The number of hydrogen-bond donors (Lipinski definition) is 2. The van der Waals surface area contributed by atoms with Crippen LogP contribution in [0, 0.1) is 0 Å². The fourth-order valence-corrected chi connectivity index (χ4v) is 2.09. The number of nitrogens with zero attached hydrogens (tertiary/aromatic N) is 2. The number of carboxylic acids is 1. The second-order valence-corrected chi connectivity index (χ2v) is 4.55. The molecule has 1 aromatic heterocycles. The predicted octanol–water partition coefficient (Wildman–Crippen LogP) is 1.67. The molecule has 2 aromatic carbocycles. The van der Waals surface area contributed by atoms with E-state index in [0.29, 0.717) is 22.3 Å². The molecule has 0 aliphatic rings. The summed E-state index contributed by atoms with van der Waals surface area (Å²) in [5, 5.41) is 9.29. The van der Waals surface area contributed by atoms with Gasteiger partial charge in [0, 0.05) is 5.69 Å². The zero-order chi connectivity index (χ0) is 15.0. The number of nitrogens with two attached hydrogens (primary N) is 1. The summed E-state index contributed by atoms with van der Waals surface area (Å²) >= 11 is 0. The molecular formula is C15H11N3O3. The molecule has 104 valence electrons. The van der Waals surface area contributed by atoms with Crippen LogP contribution in [0.3, 0.4) is 0 Å². The highest BCUT2D eigenvalue weighted by molar-refractivity contribution is 5.87. The van der Waals surface area contributed by atoms with Gasteiger partial charge in [0.15, 0.2) is 0 Å². The van der Waals surface area contributed by atoms with E-state index in [1.54, 1.807) is 30.3 Å². The molecule has 21 heavy (non-hydrogen) atoms. The second kappa shape index (κ2) is 4.75. The Morgan fingerprint density at radius 2 is 1.86 bits per heavy atom. The molecule has 0 unspecified atom stereocenters. The lowest BCUT2D eigenvalue weighted by Crippen LogP contribution is -2.19. The molecule has 3 N–H and O–H groups in total. The maximum absolute atomic E-state index is 12.5. The van der Waals surface area contributed by atoms with Gasteiger partial charge in [-0.15, -0.1) is 0 Å². The number of anilines is 1. The average molecular weight is 281 g/mol. The lowest BCUT2D eigenvalue weighted by molar-refractivity contribution is 0.0697. The van der Waals surface area contributed by atoms with Gasteiger partial charge in [-0.05, 0) is 42.5 Å². The first-order valence-corrected chi connectivity index (χ1v) is 6.17. The number of nitrogen functional groups attached to an aromatic ring is 1. The number of hydrogen-bond acceptors (Lipinski definition) is 4. The zero-order valence-electron chi connectivity index (χ0n) is 10.9. The summed E-state index contributed by atoms with van der Waals surface area (Å²) in [5.41, 5.74) is 7.19. The van der Waals surface area contributed by atoms with Gasteiger partial charge in [0.1, 0.15) is 6.33 Å². The van der Waals surface area contributed by atoms with Crippen LogP contribution in [0.2, 0.25) is 0 Å². The zero-order valence-corrected chi connectivity index (χ0v) is 10.9. The highest BCUT2D eigenvalue weighted by atomic mass is 16.4. The van der Waals surface area contributed by atoms with Gasteiger partial charge in [-0.1, -0.05) is 0 Å². The molecule has 3 aromatic rings. The van der Waals surface area contributed by atoms with Crippen molar-refractivity contribution in [1.82, 2.24) is 9.55 Å². The van der Waals surface area contributed by atoms with Gasteiger partial charge in [0.2, 0.25) is 0 Å². The molecule has 0 aliphatic heterocycles. The van der Waals surface area contributed by atoms with E-state index in [4.69, 9.17) is 10.8 Å². The fraction of sp³-hybridized carbons (Fsp3) is 0. The number of carboxylic acid groups (broad SMARTS) is 1. The number of aromatic nitrogens is 2. The van der Waals surface area contributed by atoms with E-state index in [-0.39, 0.29) is 11.1 Å². The highest BCUT2D eigenvalue weighted by Gasteiger charge is 2.07. The largest absolute Gasteiger partial charge is 0.478 e. The van der Waals surface area contributed by atoms with E-state index in [0.717, 1.165) is 0 Å². The molecule has 1 heterocycles. The van der Waals surface area contributed by atoms with Crippen molar-refractivity contribution < 1.29 is 9.90 Å². The summed E-state index contributed by atoms with van der Waals surface area (Å²) in [6.45, 7) is 0. The third kappa shape index (κ3) is 2.23. The van der Waals surface area contributed by atoms with Crippen molar-refractivity contribution in [3.63, 3.8) is 0 Å². The van der Waals surface area contributed by atoms with Gasteiger partial charge in [-0.3, -0.25) is 9.36 Å². The van der Waals surface area contributed by atoms with Crippen LogP contribution in [-0.2, 0) is 0 Å². The molecule has 0 spiro atoms. The van der Waals surface area contributed by atoms with Crippen molar-refractivity contribution >= 4 is 22.6 Å². The van der Waals surface area contributed by atoms with Crippen molar-refractivity contribution in [2.45, 2.75) is 0 Å². The first-order chi connectivity index (χ1) is 10.1. The lowest BCUT2D eigenvalue weighted by Gasteiger charge is -2.07. The number of carbonyl (C=O) groups is 1. The van der Waals surface area contributed by atoms with E-state index in [1.165, 1.54) is 23.0 Å². The Kier molecular flexibility index (Phi) is 2.91. The Hall–Kier alpha value is -3.15. The molecule has 0 saturated carbocycles. The van der Waals surface area contributed by atoms with Crippen LogP contribution in [-0.4, -0.2) is 20.6 Å². The maximum atomic E-state index is 12.5. The molecule has 0 atom stereocenters. The van der Waals surface area contributed by atoms with Gasteiger partial charge < -0.3 is 10.8 Å². The normalized spacial score (nSPS) is 10.7. The van der Waals surface area contributed by atoms with E-state index < -0.39 is 5.97 Å². The van der Waals surface area contributed by atoms with Crippen molar-refractivity contribution in [1.29, 1.82) is 0 Å². The lowest BCUT2D eigenvalue weighted by atomic mass is 10.2. The Balaban J connectivity index is 2.18. The Morgan fingerprint density at radius 3 is 2.52 bits per heavy atom. The van der Waals surface area contributed by atoms with Crippen LogP contribution < -0.4 is 11.3 Å². The van der Waals surface area contributed by atoms with E-state index in [2.05, 4.69) is 4.98 Å². The SMILES string of the molecule is Nc1ccc2ncn(-c3ccc(C(=O)O)cc3)c(=O)c2c1. The molecule has 6 heteroatoms. The first kappa shape index (κ1) is 12.9. The topological polar surface area (TPSA) is 98.2 Å². The third-order valence-electron chi connectivity index (χ3n) is 3.17. The number of fused-ring (bicyclic) bond motifs is 1. The van der Waals surface area contributed by atoms with Crippen LogP contribution in [0.1, 0.15) is 10.4 Å². The van der Waals surface area contributed by atoms with Crippen molar-refractivity contribution in [3.05, 3.63) is 64.7 Å². The average Bonchev–Trinajstić information content (AvgIpc) is 2.48. The minimum Gasteiger partial charge on any atom is -0.478 e. The minimum absolute atomic E-state index is 0.157. The Labute approximate surface area is 119 Å². The van der Waals surface area contributed by atoms with E-state index in [1.807, 2.05) is 0 Å². The van der Waals surface area contributed by atoms with Crippen LogP contribution in [0.15, 0.2) is 53.6 Å². The molecule has 0 fully saturated rings. The standard InChI is InChI=1S/C15H11N3O3/c16-10-3-6-13-12(7-10)14(19)18(8-17-13)11-4-1-9(2-5-11)15(20)21/h1-8H,16H2,(H,20,21). The molecule has 0 amide bonds. The van der Waals surface area contributed by atoms with Crippen LogP contribution >= 0.6 is 0 Å². The summed E-state index contributed by atoms with van der Waals surface area (Å²) in [5.74, 6) is -1.02. The van der Waals surface area contributed by atoms with Gasteiger partial charge in [-0.25, -0.2) is 9.78 Å². The van der Waals surface area contributed by atoms with Gasteiger partial charge in [0.25, 0.3) is 5.56 Å². The third-order valence-corrected chi connectivity index (χ3v) is 3.17. The van der Waals surface area contributed by atoms with E-state index >= 15 is 0 Å². The Morgan fingerprint density at radius 1 is 1.14 bits per heavy atom. The second-order valence-electron chi connectivity index (χ2n) is 4.55.